The molecule has 1 N–H and O–H groups in total. The van der Waals surface area contributed by atoms with Gasteiger partial charge in [-0.3, -0.25) is 10.1 Å². The lowest BCUT2D eigenvalue weighted by Gasteiger charge is -2.04. The summed E-state index contributed by atoms with van der Waals surface area (Å²) in [5.74, 6) is -0.689. The Kier molecular flexibility index (Phi) is 4.80. The molecule has 0 radical (unpaired) electrons. The largest absolute Gasteiger partial charge is 0.452 e. The fourth-order valence-electron chi connectivity index (χ4n) is 2.36. The van der Waals surface area contributed by atoms with E-state index < -0.39 is 18.5 Å². The topological polar surface area (TPSA) is 94.3 Å². The van der Waals surface area contributed by atoms with Gasteiger partial charge in [-0.2, -0.15) is 0 Å². The summed E-state index contributed by atoms with van der Waals surface area (Å²) in [6, 6.07) is 5.86. The number of hydrogen-bond acceptors (Lipinski definition) is 7. The van der Waals surface area contributed by atoms with Crippen molar-refractivity contribution in [3.63, 3.8) is 0 Å². The number of aromatic nitrogens is 2. The molecule has 0 aliphatic rings. The van der Waals surface area contributed by atoms with Gasteiger partial charge >= 0.3 is 5.97 Å². The summed E-state index contributed by atoms with van der Waals surface area (Å²) in [6.07, 6.45) is 0.541. The molecule has 0 fully saturated rings. The van der Waals surface area contributed by atoms with Crippen molar-refractivity contribution in [1.29, 1.82) is 0 Å². The van der Waals surface area contributed by atoms with Gasteiger partial charge in [-0.15, -0.1) is 0 Å². The third kappa shape index (κ3) is 3.69. The highest BCUT2D eigenvalue weighted by molar-refractivity contribution is 7.22. The minimum Gasteiger partial charge on any atom is -0.452 e. The molecule has 1 amide bonds. The maximum Gasteiger partial charge on any atom is 0.344 e. The Labute approximate surface area is 148 Å². The number of aryl methyl sites for hydroxylation is 3. The maximum absolute atomic E-state index is 12.1. The Bertz CT molecular complexity index is 945. The van der Waals surface area contributed by atoms with Crippen molar-refractivity contribution < 1.29 is 18.8 Å². The van der Waals surface area contributed by atoms with Crippen LogP contribution in [0, 0.1) is 13.8 Å². The lowest BCUT2D eigenvalue weighted by molar-refractivity contribution is -0.119. The van der Waals surface area contributed by atoms with Crippen LogP contribution in [0.2, 0.25) is 0 Å². The van der Waals surface area contributed by atoms with Crippen LogP contribution in [0.25, 0.3) is 10.2 Å². The standard InChI is InChI=1S/C17H17N3O4S/c1-4-11-15(10(3)24-20-11)16(22)23-8-14(21)19-17-18-12-6-5-9(2)7-13(12)25-17/h5-7H,4,8H2,1-3H3,(H,18,19,21). The number of carbonyl (C=O) groups excluding carboxylic acids is 2. The van der Waals surface area contributed by atoms with Crippen molar-refractivity contribution in [3.8, 4) is 0 Å². The molecule has 2 aromatic heterocycles. The number of amides is 1. The van der Waals surface area contributed by atoms with E-state index in [2.05, 4.69) is 15.5 Å². The molecule has 130 valence electrons. The van der Waals surface area contributed by atoms with Gasteiger partial charge in [-0.1, -0.05) is 29.5 Å². The molecule has 0 saturated carbocycles. The summed E-state index contributed by atoms with van der Waals surface area (Å²) < 4.78 is 11.0. The van der Waals surface area contributed by atoms with Gasteiger partial charge < -0.3 is 9.26 Å². The first-order chi connectivity index (χ1) is 12.0. The van der Waals surface area contributed by atoms with Gasteiger partial charge in [-0.25, -0.2) is 9.78 Å². The highest BCUT2D eigenvalue weighted by Crippen LogP contribution is 2.26. The van der Waals surface area contributed by atoms with Crippen molar-refractivity contribution in [2.24, 2.45) is 0 Å². The second-order valence-corrected chi connectivity index (χ2v) is 6.56. The van der Waals surface area contributed by atoms with Crippen LogP contribution in [0.4, 0.5) is 5.13 Å². The maximum atomic E-state index is 12.1. The van der Waals surface area contributed by atoms with Crippen LogP contribution in [-0.4, -0.2) is 28.6 Å². The Balaban J connectivity index is 1.62. The van der Waals surface area contributed by atoms with E-state index >= 15 is 0 Å². The number of carbonyl (C=O) groups is 2. The number of thiazole rings is 1. The summed E-state index contributed by atoms with van der Waals surface area (Å²) in [4.78, 5) is 28.5. The van der Waals surface area contributed by atoms with Crippen molar-refractivity contribution in [1.82, 2.24) is 10.1 Å². The molecule has 0 aliphatic carbocycles. The van der Waals surface area contributed by atoms with E-state index in [9.17, 15) is 9.59 Å². The number of nitrogens with one attached hydrogen (secondary N) is 1. The van der Waals surface area contributed by atoms with E-state index in [1.54, 1.807) is 6.92 Å². The van der Waals surface area contributed by atoms with Crippen LogP contribution in [0.5, 0.6) is 0 Å². The number of nitrogens with zero attached hydrogens (tertiary/aromatic N) is 2. The van der Waals surface area contributed by atoms with Crippen LogP contribution in [0.1, 0.15) is 34.3 Å². The first-order valence-electron chi connectivity index (χ1n) is 7.77. The predicted molar refractivity (Wildman–Crippen MR) is 93.9 cm³/mol. The first-order valence-corrected chi connectivity index (χ1v) is 8.59. The Morgan fingerprint density at radius 1 is 1.32 bits per heavy atom. The minimum atomic E-state index is -0.620. The van der Waals surface area contributed by atoms with Crippen LogP contribution < -0.4 is 5.32 Å². The van der Waals surface area contributed by atoms with Crippen LogP contribution in [-0.2, 0) is 16.0 Å². The van der Waals surface area contributed by atoms with E-state index in [0.717, 1.165) is 15.8 Å². The van der Waals surface area contributed by atoms with E-state index in [1.165, 1.54) is 11.3 Å². The summed E-state index contributed by atoms with van der Waals surface area (Å²) in [5.41, 5.74) is 2.74. The lowest BCUT2D eigenvalue weighted by Crippen LogP contribution is -2.21. The van der Waals surface area contributed by atoms with Crippen molar-refractivity contribution >= 4 is 38.6 Å². The Morgan fingerprint density at radius 3 is 2.88 bits per heavy atom. The van der Waals surface area contributed by atoms with E-state index in [4.69, 9.17) is 9.26 Å². The van der Waals surface area contributed by atoms with E-state index in [-0.39, 0.29) is 5.56 Å². The SMILES string of the molecule is CCc1noc(C)c1C(=O)OCC(=O)Nc1nc2ccc(C)cc2s1. The average Bonchev–Trinajstić information content (AvgIpc) is 3.14. The number of esters is 1. The Hall–Kier alpha value is -2.74. The summed E-state index contributed by atoms with van der Waals surface area (Å²) >= 11 is 1.37. The summed E-state index contributed by atoms with van der Waals surface area (Å²) in [7, 11) is 0. The highest BCUT2D eigenvalue weighted by Gasteiger charge is 2.21. The monoisotopic (exact) mass is 359 g/mol. The van der Waals surface area contributed by atoms with Crippen LogP contribution in [0.3, 0.4) is 0 Å². The zero-order valence-electron chi connectivity index (χ0n) is 14.1. The summed E-state index contributed by atoms with van der Waals surface area (Å²) in [5, 5.41) is 6.91. The summed E-state index contributed by atoms with van der Waals surface area (Å²) in [6.45, 7) is 5.08. The highest BCUT2D eigenvalue weighted by atomic mass is 32.1. The Morgan fingerprint density at radius 2 is 2.12 bits per heavy atom. The van der Waals surface area contributed by atoms with Gasteiger partial charge in [0.05, 0.1) is 15.9 Å². The molecule has 0 aliphatic heterocycles. The fourth-order valence-corrected chi connectivity index (χ4v) is 3.35. The smallest absolute Gasteiger partial charge is 0.344 e. The van der Waals surface area contributed by atoms with Gasteiger partial charge in [0.2, 0.25) is 0 Å². The van der Waals surface area contributed by atoms with Crippen LogP contribution >= 0.6 is 11.3 Å². The quantitative estimate of drug-likeness (QED) is 0.703. The molecule has 25 heavy (non-hydrogen) atoms. The van der Waals surface area contributed by atoms with E-state index in [0.29, 0.717) is 23.0 Å². The van der Waals surface area contributed by atoms with Gasteiger partial charge in [0.25, 0.3) is 5.91 Å². The second-order valence-electron chi connectivity index (χ2n) is 5.53. The number of rotatable bonds is 5. The fraction of sp³-hybridized carbons (Fsp3) is 0.294. The predicted octanol–water partition coefficient (Wildman–Crippen LogP) is 3.26. The molecule has 1 aromatic carbocycles. The zero-order chi connectivity index (χ0) is 18.0. The van der Waals surface area contributed by atoms with E-state index in [1.807, 2.05) is 32.0 Å². The first kappa shape index (κ1) is 17.1. The number of benzene rings is 1. The van der Waals surface area contributed by atoms with Gasteiger partial charge in [-0.05, 0) is 38.0 Å². The van der Waals surface area contributed by atoms with Gasteiger partial charge in [0.15, 0.2) is 11.7 Å². The van der Waals surface area contributed by atoms with Crippen molar-refractivity contribution in [2.45, 2.75) is 27.2 Å². The van der Waals surface area contributed by atoms with Crippen molar-refractivity contribution in [2.75, 3.05) is 11.9 Å². The molecule has 2 heterocycles. The molecular weight excluding hydrogens is 342 g/mol. The zero-order valence-corrected chi connectivity index (χ0v) is 14.9. The molecule has 0 saturated heterocycles. The number of ether oxygens (including phenoxy) is 1. The van der Waals surface area contributed by atoms with Crippen LogP contribution in [0.15, 0.2) is 22.7 Å². The second kappa shape index (κ2) is 7.02. The number of anilines is 1. The van der Waals surface area contributed by atoms with Gasteiger partial charge in [0.1, 0.15) is 11.3 Å². The third-order valence-electron chi connectivity index (χ3n) is 3.60. The molecule has 0 spiro atoms. The number of fused-ring (bicyclic) bond motifs is 1. The molecular formula is C17H17N3O4S. The van der Waals surface area contributed by atoms with Crippen molar-refractivity contribution in [3.05, 3.63) is 40.8 Å². The molecule has 3 rings (SSSR count). The molecule has 0 bridgehead atoms. The molecule has 0 unspecified atom stereocenters. The average molecular weight is 359 g/mol. The molecule has 3 aromatic rings. The molecule has 7 nitrogen and oxygen atoms in total. The molecule has 8 heteroatoms. The normalized spacial score (nSPS) is 10.8. The minimum absolute atomic E-state index is 0.283. The number of hydrogen-bond donors (Lipinski definition) is 1. The molecule has 0 atom stereocenters. The lowest BCUT2D eigenvalue weighted by atomic mass is 10.1. The van der Waals surface area contributed by atoms with Gasteiger partial charge in [0, 0.05) is 0 Å². The third-order valence-corrected chi connectivity index (χ3v) is 4.53.